The highest BCUT2D eigenvalue weighted by molar-refractivity contribution is 6.30. The Morgan fingerprint density at radius 3 is 2.52 bits per heavy atom. The molecule has 0 aliphatic rings. The summed E-state index contributed by atoms with van der Waals surface area (Å²) >= 11 is 5.95. The molecule has 4 rings (SSSR count). The van der Waals surface area contributed by atoms with Crippen molar-refractivity contribution in [2.75, 3.05) is 5.32 Å². The van der Waals surface area contributed by atoms with Gasteiger partial charge in [-0.1, -0.05) is 41.9 Å². The second-order valence-corrected chi connectivity index (χ2v) is 6.21. The van der Waals surface area contributed by atoms with Crippen LogP contribution in [0.1, 0.15) is 11.3 Å². The van der Waals surface area contributed by atoms with Crippen LogP contribution in [0.4, 0.5) is 5.82 Å². The molecular formula is C19H16ClN5. The number of halogens is 1. The Balaban J connectivity index is 1.70. The Hall–Kier alpha value is -2.92. The van der Waals surface area contributed by atoms with Crippen molar-refractivity contribution in [3.63, 3.8) is 0 Å². The van der Waals surface area contributed by atoms with Crippen LogP contribution in [0.5, 0.6) is 0 Å². The van der Waals surface area contributed by atoms with Gasteiger partial charge in [0, 0.05) is 28.9 Å². The van der Waals surface area contributed by atoms with E-state index in [1.165, 1.54) is 5.56 Å². The van der Waals surface area contributed by atoms with Crippen molar-refractivity contribution >= 4 is 23.2 Å². The molecule has 1 N–H and O–H groups in total. The summed E-state index contributed by atoms with van der Waals surface area (Å²) in [4.78, 5) is 9.03. The molecule has 0 saturated heterocycles. The maximum atomic E-state index is 5.95. The van der Waals surface area contributed by atoms with E-state index >= 15 is 0 Å². The van der Waals surface area contributed by atoms with Gasteiger partial charge in [0.2, 0.25) is 0 Å². The molecule has 0 amide bonds. The lowest BCUT2D eigenvalue weighted by molar-refractivity contribution is 0.919. The van der Waals surface area contributed by atoms with Crippen molar-refractivity contribution in [2.24, 2.45) is 0 Å². The van der Waals surface area contributed by atoms with Gasteiger partial charge in [-0.25, -0.2) is 4.98 Å². The largest absolute Gasteiger partial charge is 0.366 e. The van der Waals surface area contributed by atoms with Gasteiger partial charge in [-0.2, -0.15) is 9.50 Å². The van der Waals surface area contributed by atoms with Crippen LogP contribution in [0.25, 0.3) is 17.2 Å². The Bertz CT molecular complexity index is 1010. The van der Waals surface area contributed by atoms with E-state index in [4.69, 9.17) is 11.6 Å². The lowest BCUT2D eigenvalue weighted by Gasteiger charge is -2.08. The monoisotopic (exact) mass is 349 g/mol. The molecule has 0 aliphatic carbocycles. The molecule has 0 fully saturated rings. The van der Waals surface area contributed by atoms with Crippen molar-refractivity contribution in [1.82, 2.24) is 19.6 Å². The smallest absolute Gasteiger partial charge is 0.254 e. The quantitative estimate of drug-likeness (QED) is 0.594. The number of aryl methyl sites for hydroxylation is 1. The average Bonchev–Trinajstić information content (AvgIpc) is 3.05. The zero-order valence-electron chi connectivity index (χ0n) is 13.6. The van der Waals surface area contributed by atoms with E-state index in [9.17, 15) is 0 Å². The molecule has 0 bridgehead atoms. The molecule has 25 heavy (non-hydrogen) atoms. The van der Waals surface area contributed by atoms with Crippen LogP contribution in [0, 0.1) is 6.92 Å². The summed E-state index contributed by atoms with van der Waals surface area (Å²) in [5.41, 5.74) is 2.99. The van der Waals surface area contributed by atoms with Crippen LogP contribution >= 0.6 is 11.6 Å². The molecular weight excluding hydrogens is 334 g/mol. The molecule has 0 atom stereocenters. The molecule has 2 aromatic heterocycles. The molecule has 0 saturated carbocycles. The number of hydrogen-bond acceptors (Lipinski definition) is 4. The molecule has 0 radical (unpaired) electrons. The lowest BCUT2D eigenvalue weighted by Crippen LogP contribution is -2.06. The van der Waals surface area contributed by atoms with E-state index in [0.717, 1.165) is 17.1 Å². The molecule has 124 valence electrons. The summed E-state index contributed by atoms with van der Waals surface area (Å²) in [6, 6.07) is 19.7. The van der Waals surface area contributed by atoms with Gasteiger partial charge >= 0.3 is 0 Å². The first-order valence-electron chi connectivity index (χ1n) is 7.97. The van der Waals surface area contributed by atoms with Gasteiger partial charge in [0.15, 0.2) is 5.82 Å². The maximum Gasteiger partial charge on any atom is 0.254 e. The van der Waals surface area contributed by atoms with Crippen LogP contribution in [0.2, 0.25) is 5.02 Å². The van der Waals surface area contributed by atoms with E-state index in [2.05, 4.69) is 32.5 Å². The lowest BCUT2D eigenvalue weighted by atomic mass is 10.2. The SMILES string of the molecule is Cc1cc(NCc2ccccc2)n2nc(-c3ccc(Cl)cc3)nc2n1. The van der Waals surface area contributed by atoms with Gasteiger partial charge in [0.05, 0.1) is 0 Å². The van der Waals surface area contributed by atoms with Crippen LogP contribution in [0.15, 0.2) is 60.7 Å². The van der Waals surface area contributed by atoms with Gasteiger partial charge in [0.1, 0.15) is 5.82 Å². The standard InChI is InChI=1S/C19H16ClN5/c1-13-11-17(21-12-14-5-3-2-4-6-14)25-19(22-13)23-18(24-25)15-7-9-16(20)10-8-15/h2-11,21H,12H2,1H3. The topological polar surface area (TPSA) is 55.1 Å². The van der Waals surface area contributed by atoms with E-state index in [1.807, 2.05) is 55.5 Å². The Morgan fingerprint density at radius 1 is 1.00 bits per heavy atom. The summed E-state index contributed by atoms with van der Waals surface area (Å²) in [7, 11) is 0. The number of aromatic nitrogens is 4. The van der Waals surface area contributed by atoms with Gasteiger partial charge in [-0.3, -0.25) is 0 Å². The minimum Gasteiger partial charge on any atom is -0.366 e. The van der Waals surface area contributed by atoms with E-state index in [1.54, 1.807) is 4.52 Å². The number of fused-ring (bicyclic) bond motifs is 1. The van der Waals surface area contributed by atoms with Crippen LogP contribution in [-0.4, -0.2) is 19.6 Å². The summed E-state index contributed by atoms with van der Waals surface area (Å²) in [6.45, 7) is 2.65. The number of rotatable bonds is 4. The predicted octanol–water partition coefficient (Wildman–Crippen LogP) is 4.37. The first-order valence-corrected chi connectivity index (χ1v) is 8.35. The minimum absolute atomic E-state index is 0.570. The Labute approximate surface area is 150 Å². The summed E-state index contributed by atoms with van der Waals surface area (Å²) in [5, 5.41) is 8.71. The fourth-order valence-electron chi connectivity index (χ4n) is 2.62. The fourth-order valence-corrected chi connectivity index (χ4v) is 2.75. The number of hydrogen-bond donors (Lipinski definition) is 1. The normalized spacial score (nSPS) is 11.0. The third-order valence-electron chi connectivity index (χ3n) is 3.86. The van der Waals surface area contributed by atoms with Gasteiger partial charge in [-0.15, -0.1) is 5.10 Å². The third kappa shape index (κ3) is 3.32. The first-order chi connectivity index (χ1) is 12.2. The zero-order valence-corrected chi connectivity index (χ0v) is 14.4. The Kier molecular flexibility index (Phi) is 4.07. The Morgan fingerprint density at radius 2 is 1.76 bits per heavy atom. The maximum absolute atomic E-state index is 5.95. The molecule has 0 unspecified atom stereocenters. The highest BCUT2D eigenvalue weighted by Crippen LogP contribution is 2.21. The summed E-state index contributed by atoms with van der Waals surface area (Å²) in [5.74, 6) is 2.05. The molecule has 0 aliphatic heterocycles. The van der Waals surface area contributed by atoms with Crippen molar-refractivity contribution in [3.8, 4) is 11.4 Å². The third-order valence-corrected chi connectivity index (χ3v) is 4.11. The van der Waals surface area contributed by atoms with E-state index < -0.39 is 0 Å². The molecule has 2 aromatic carbocycles. The van der Waals surface area contributed by atoms with Crippen molar-refractivity contribution < 1.29 is 0 Å². The minimum atomic E-state index is 0.570. The highest BCUT2D eigenvalue weighted by atomic mass is 35.5. The number of anilines is 1. The average molecular weight is 350 g/mol. The summed E-state index contributed by atoms with van der Waals surface area (Å²) < 4.78 is 1.74. The van der Waals surface area contributed by atoms with Crippen LogP contribution in [-0.2, 0) is 6.54 Å². The first kappa shape index (κ1) is 15.6. The number of nitrogens with one attached hydrogen (secondary N) is 1. The van der Waals surface area contributed by atoms with Crippen LogP contribution < -0.4 is 5.32 Å². The zero-order chi connectivity index (χ0) is 17.2. The van der Waals surface area contributed by atoms with Crippen molar-refractivity contribution in [1.29, 1.82) is 0 Å². The van der Waals surface area contributed by atoms with Crippen molar-refractivity contribution in [2.45, 2.75) is 13.5 Å². The van der Waals surface area contributed by atoms with Gasteiger partial charge in [-0.05, 0) is 36.8 Å². The second kappa shape index (κ2) is 6.53. The highest BCUT2D eigenvalue weighted by Gasteiger charge is 2.11. The molecule has 0 spiro atoms. The number of nitrogens with zero attached hydrogens (tertiary/aromatic N) is 4. The van der Waals surface area contributed by atoms with E-state index in [-0.39, 0.29) is 0 Å². The predicted molar refractivity (Wildman–Crippen MR) is 99.7 cm³/mol. The van der Waals surface area contributed by atoms with Crippen molar-refractivity contribution in [3.05, 3.63) is 76.9 Å². The van der Waals surface area contributed by atoms with E-state index in [0.29, 0.717) is 23.2 Å². The van der Waals surface area contributed by atoms with Gasteiger partial charge < -0.3 is 5.32 Å². The fraction of sp³-hybridized carbons (Fsp3) is 0.105. The molecule has 5 nitrogen and oxygen atoms in total. The molecule has 6 heteroatoms. The van der Waals surface area contributed by atoms with Crippen LogP contribution in [0.3, 0.4) is 0 Å². The second-order valence-electron chi connectivity index (χ2n) is 5.78. The molecule has 2 heterocycles. The van der Waals surface area contributed by atoms with Gasteiger partial charge in [0.25, 0.3) is 5.78 Å². The number of benzene rings is 2. The summed E-state index contributed by atoms with van der Waals surface area (Å²) in [6.07, 6.45) is 0. The molecule has 4 aromatic rings.